The van der Waals surface area contributed by atoms with Gasteiger partial charge >= 0.3 is 12.4 Å². The Morgan fingerprint density at radius 3 is 1.89 bits per heavy atom. The molecule has 1 atom stereocenters. The molecule has 238 valence electrons. The first-order chi connectivity index (χ1) is 20.9. The van der Waals surface area contributed by atoms with Gasteiger partial charge in [-0.2, -0.15) is 26.3 Å². The van der Waals surface area contributed by atoms with Gasteiger partial charge in [-0.3, -0.25) is 0 Å². The number of benzene rings is 3. The molecular formula is C34H36F7NO2. The van der Waals surface area contributed by atoms with Crippen LogP contribution in [0.5, 0.6) is 0 Å². The smallest absolute Gasteiger partial charge is 0.393 e. The lowest BCUT2D eigenvalue weighted by Crippen LogP contribution is -2.47. The third-order valence-electron chi connectivity index (χ3n) is 9.39. The molecule has 0 bridgehead atoms. The van der Waals surface area contributed by atoms with Crippen molar-refractivity contribution in [3.05, 3.63) is 106 Å². The molecule has 44 heavy (non-hydrogen) atoms. The van der Waals surface area contributed by atoms with Gasteiger partial charge in [0.1, 0.15) is 11.9 Å². The minimum atomic E-state index is -4.99. The van der Waals surface area contributed by atoms with Crippen molar-refractivity contribution in [3.8, 4) is 0 Å². The van der Waals surface area contributed by atoms with Crippen molar-refractivity contribution >= 4 is 0 Å². The van der Waals surface area contributed by atoms with E-state index in [1.165, 1.54) is 12.1 Å². The molecule has 1 saturated carbocycles. The van der Waals surface area contributed by atoms with Crippen LogP contribution >= 0.6 is 0 Å². The average molecular weight is 624 g/mol. The zero-order valence-corrected chi connectivity index (χ0v) is 24.2. The number of hydrogen-bond acceptors (Lipinski definition) is 3. The predicted molar refractivity (Wildman–Crippen MR) is 153 cm³/mol. The van der Waals surface area contributed by atoms with Gasteiger partial charge < -0.3 is 14.7 Å². The number of piperidine rings is 1. The Morgan fingerprint density at radius 2 is 1.36 bits per heavy atom. The van der Waals surface area contributed by atoms with Crippen LogP contribution in [-0.2, 0) is 22.5 Å². The number of halogens is 7. The highest BCUT2D eigenvalue weighted by Gasteiger charge is 2.41. The number of nitrogens with zero attached hydrogens (tertiary/aromatic N) is 1. The normalized spacial score (nSPS) is 23.0. The van der Waals surface area contributed by atoms with Crippen LogP contribution < -0.4 is 0 Å². The highest BCUT2D eigenvalue weighted by molar-refractivity contribution is 5.35. The molecule has 0 unspecified atom stereocenters. The molecule has 1 heterocycles. The van der Waals surface area contributed by atoms with Crippen LogP contribution in [0, 0.1) is 5.82 Å². The summed E-state index contributed by atoms with van der Waals surface area (Å²) in [6, 6.07) is 18.0. The van der Waals surface area contributed by atoms with Crippen molar-refractivity contribution in [2.75, 3.05) is 26.3 Å². The standard InChI is InChI=1S/C34H36F7NO2/c35-29-8-6-23(7-9-29)24-12-16-42(17-13-24)30-10-14-32(15-11-30,26-4-2-1-3-5-26)22-44-31(21-43)25-18-27(33(36,37)38)20-28(19-25)34(39,40)41/h1-9,18-20,24,30-31,43H,10-17,21-22H2/t30?,31-,32?/m1/s1. The number of aliphatic hydroxyl groups excluding tert-OH is 1. The Morgan fingerprint density at radius 1 is 0.795 bits per heavy atom. The fourth-order valence-electron chi connectivity index (χ4n) is 6.84. The lowest BCUT2D eigenvalue weighted by atomic mass is 9.68. The summed E-state index contributed by atoms with van der Waals surface area (Å²) in [5.74, 6) is 0.141. The second-order valence-electron chi connectivity index (χ2n) is 12.1. The molecule has 10 heteroatoms. The van der Waals surface area contributed by atoms with E-state index < -0.39 is 41.6 Å². The van der Waals surface area contributed by atoms with Gasteiger partial charge in [-0.05, 0) is 105 Å². The van der Waals surface area contributed by atoms with E-state index in [1.807, 2.05) is 42.5 Å². The summed E-state index contributed by atoms with van der Waals surface area (Å²) >= 11 is 0. The summed E-state index contributed by atoms with van der Waals surface area (Å²) in [6.07, 6.45) is -6.25. The Labute approximate surface area is 252 Å². The molecule has 0 aromatic heterocycles. The maximum atomic E-state index is 13.5. The summed E-state index contributed by atoms with van der Waals surface area (Å²) in [7, 11) is 0. The van der Waals surface area contributed by atoms with Crippen molar-refractivity contribution < 1.29 is 40.6 Å². The number of aliphatic hydroxyl groups is 1. The van der Waals surface area contributed by atoms with Crippen molar-refractivity contribution in [2.24, 2.45) is 0 Å². The second-order valence-corrected chi connectivity index (χ2v) is 12.1. The van der Waals surface area contributed by atoms with Crippen LogP contribution in [0.25, 0.3) is 0 Å². The molecule has 0 spiro atoms. The van der Waals surface area contributed by atoms with Gasteiger partial charge in [-0.25, -0.2) is 4.39 Å². The van der Waals surface area contributed by atoms with E-state index in [2.05, 4.69) is 4.90 Å². The minimum absolute atomic E-state index is 0.0409. The largest absolute Gasteiger partial charge is 0.416 e. The molecule has 1 aliphatic heterocycles. The number of alkyl halides is 6. The fourth-order valence-corrected chi connectivity index (χ4v) is 6.84. The number of hydrogen-bond donors (Lipinski definition) is 1. The first-order valence-corrected chi connectivity index (χ1v) is 14.9. The van der Waals surface area contributed by atoms with Gasteiger partial charge in [-0.1, -0.05) is 42.5 Å². The van der Waals surface area contributed by atoms with Gasteiger partial charge in [-0.15, -0.1) is 0 Å². The molecule has 2 fully saturated rings. The van der Waals surface area contributed by atoms with E-state index in [0.717, 1.165) is 49.9 Å². The average Bonchev–Trinajstić information content (AvgIpc) is 3.02. The van der Waals surface area contributed by atoms with Crippen LogP contribution in [0.3, 0.4) is 0 Å². The van der Waals surface area contributed by atoms with E-state index in [4.69, 9.17) is 4.74 Å². The van der Waals surface area contributed by atoms with Crippen LogP contribution in [0.1, 0.15) is 78.4 Å². The molecule has 1 N–H and O–H groups in total. The Hall–Kier alpha value is -2.95. The molecule has 0 radical (unpaired) electrons. The molecule has 1 saturated heterocycles. The third kappa shape index (κ3) is 7.46. The molecular weight excluding hydrogens is 587 g/mol. The predicted octanol–water partition coefficient (Wildman–Crippen LogP) is 8.67. The zero-order valence-electron chi connectivity index (χ0n) is 24.2. The molecule has 3 aromatic rings. The highest BCUT2D eigenvalue weighted by atomic mass is 19.4. The van der Waals surface area contributed by atoms with Gasteiger partial charge in [0.15, 0.2) is 0 Å². The molecule has 3 nitrogen and oxygen atoms in total. The van der Waals surface area contributed by atoms with Crippen LogP contribution in [0.4, 0.5) is 30.7 Å². The Kier molecular flexibility index (Phi) is 9.72. The van der Waals surface area contributed by atoms with E-state index in [1.54, 1.807) is 0 Å². The van der Waals surface area contributed by atoms with Crippen LogP contribution in [-0.4, -0.2) is 42.4 Å². The summed E-state index contributed by atoms with van der Waals surface area (Å²) in [5.41, 5.74) is -1.61. The van der Waals surface area contributed by atoms with Crippen LogP contribution in [0.2, 0.25) is 0 Å². The molecule has 3 aromatic carbocycles. The highest BCUT2D eigenvalue weighted by Crippen LogP contribution is 2.44. The van der Waals surface area contributed by atoms with E-state index in [0.29, 0.717) is 36.9 Å². The lowest BCUT2D eigenvalue weighted by Gasteiger charge is -2.46. The fraction of sp³-hybridized carbons (Fsp3) is 0.471. The van der Waals surface area contributed by atoms with E-state index >= 15 is 0 Å². The van der Waals surface area contributed by atoms with Crippen molar-refractivity contribution in [2.45, 2.75) is 74.4 Å². The van der Waals surface area contributed by atoms with Gasteiger partial charge in [0.05, 0.1) is 24.3 Å². The number of ether oxygens (including phenoxy) is 1. The SMILES string of the molecule is OC[C@@H](OCC1(c2ccccc2)CCC(N2CCC(c3ccc(F)cc3)CC2)CC1)c1cc(C(F)(F)F)cc(C(F)(F)F)c1. The molecule has 2 aliphatic rings. The number of rotatable bonds is 8. The monoisotopic (exact) mass is 623 g/mol. The van der Waals surface area contributed by atoms with Gasteiger partial charge in [0.2, 0.25) is 0 Å². The zero-order chi connectivity index (χ0) is 31.5. The Bertz CT molecular complexity index is 1330. The topological polar surface area (TPSA) is 32.7 Å². The molecule has 1 aliphatic carbocycles. The number of likely N-dealkylation sites (tertiary alicyclic amines) is 1. The maximum Gasteiger partial charge on any atom is 0.416 e. The summed E-state index contributed by atoms with van der Waals surface area (Å²) in [6.45, 7) is 1.12. The van der Waals surface area contributed by atoms with Crippen molar-refractivity contribution in [3.63, 3.8) is 0 Å². The summed E-state index contributed by atoms with van der Waals surface area (Å²) < 4.78 is 100. The first kappa shape index (κ1) is 32.4. The minimum Gasteiger partial charge on any atom is -0.393 e. The Balaban J connectivity index is 1.29. The van der Waals surface area contributed by atoms with Crippen molar-refractivity contribution in [1.82, 2.24) is 4.90 Å². The molecule has 5 rings (SSSR count). The third-order valence-corrected chi connectivity index (χ3v) is 9.39. The van der Waals surface area contributed by atoms with E-state index in [9.17, 15) is 35.8 Å². The van der Waals surface area contributed by atoms with Gasteiger partial charge in [0.25, 0.3) is 0 Å². The summed E-state index contributed by atoms with van der Waals surface area (Å²) in [5, 5.41) is 10.1. The first-order valence-electron chi connectivity index (χ1n) is 14.9. The maximum absolute atomic E-state index is 13.5. The quantitative estimate of drug-likeness (QED) is 0.255. The van der Waals surface area contributed by atoms with E-state index in [-0.39, 0.29) is 24.1 Å². The van der Waals surface area contributed by atoms with Crippen molar-refractivity contribution in [1.29, 1.82) is 0 Å². The summed E-state index contributed by atoms with van der Waals surface area (Å²) in [4.78, 5) is 2.49. The second kappa shape index (κ2) is 13.2. The van der Waals surface area contributed by atoms with Gasteiger partial charge in [0, 0.05) is 11.5 Å². The molecule has 0 amide bonds. The lowest BCUT2D eigenvalue weighted by molar-refractivity contribution is -0.143. The van der Waals surface area contributed by atoms with Crippen LogP contribution in [0.15, 0.2) is 72.8 Å².